The lowest BCUT2D eigenvalue weighted by Crippen LogP contribution is -2.34. The van der Waals surface area contributed by atoms with Gasteiger partial charge in [-0.3, -0.25) is 4.68 Å². The molecule has 0 amide bonds. The van der Waals surface area contributed by atoms with E-state index in [1.807, 2.05) is 42.9 Å². The molecule has 5 heteroatoms. The Morgan fingerprint density at radius 2 is 2.19 bits per heavy atom. The molecule has 114 valence electrons. The maximum atomic E-state index is 5.96. The second-order valence-electron chi connectivity index (χ2n) is 5.05. The summed E-state index contributed by atoms with van der Waals surface area (Å²) in [6.07, 6.45) is 0.881. The van der Waals surface area contributed by atoms with E-state index >= 15 is 0 Å². The Morgan fingerprint density at radius 3 is 2.86 bits per heavy atom. The molecule has 4 nitrogen and oxygen atoms in total. The van der Waals surface area contributed by atoms with Gasteiger partial charge < -0.3 is 10.1 Å². The summed E-state index contributed by atoms with van der Waals surface area (Å²) >= 11 is 5.96. The van der Waals surface area contributed by atoms with Crippen LogP contribution >= 0.6 is 11.6 Å². The highest BCUT2D eigenvalue weighted by Crippen LogP contribution is 2.17. The molecule has 0 saturated carbocycles. The van der Waals surface area contributed by atoms with E-state index < -0.39 is 0 Å². The maximum absolute atomic E-state index is 5.96. The highest BCUT2D eigenvalue weighted by atomic mass is 35.5. The molecule has 2 rings (SSSR count). The average Bonchev–Trinajstić information content (AvgIpc) is 2.83. The highest BCUT2D eigenvalue weighted by Gasteiger charge is 2.12. The van der Waals surface area contributed by atoms with Gasteiger partial charge >= 0.3 is 0 Å². The highest BCUT2D eigenvalue weighted by molar-refractivity contribution is 6.30. The molecule has 0 saturated heterocycles. The molecule has 1 unspecified atom stereocenters. The second kappa shape index (κ2) is 7.48. The summed E-state index contributed by atoms with van der Waals surface area (Å²) in [5.74, 6) is 0.794. The monoisotopic (exact) mass is 307 g/mol. The first kappa shape index (κ1) is 15.9. The van der Waals surface area contributed by atoms with Crippen LogP contribution in [-0.2, 0) is 13.0 Å². The number of aryl methyl sites for hydroxylation is 2. The molecule has 2 aromatic rings. The van der Waals surface area contributed by atoms with Gasteiger partial charge in [0.1, 0.15) is 12.4 Å². The molecule has 0 bridgehead atoms. The van der Waals surface area contributed by atoms with Gasteiger partial charge in [0.25, 0.3) is 0 Å². The van der Waals surface area contributed by atoms with Gasteiger partial charge in [0.05, 0.1) is 5.69 Å². The average molecular weight is 308 g/mol. The van der Waals surface area contributed by atoms with Gasteiger partial charge in [0.2, 0.25) is 0 Å². The summed E-state index contributed by atoms with van der Waals surface area (Å²) in [6.45, 7) is 5.60. The number of nitrogens with zero attached hydrogens (tertiary/aromatic N) is 2. The molecule has 0 fully saturated rings. The van der Waals surface area contributed by atoms with E-state index in [0.717, 1.165) is 24.4 Å². The molecule has 0 aliphatic heterocycles. The number of rotatable bonds is 7. The molecular weight excluding hydrogens is 286 g/mol. The van der Waals surface area contributed by atoms with Gasteiger partial charge in [0.15, 0.2) is 0 Å². The smallest absolute Gasteiger partial charge is 0.120 e. The number of nitrogens with one attached hydrogen (secondary N) is 1. The van der Waals surface area contributed by atoms with E-state index in [9.17, 15) is 0 Å². The number of likely N-dealkylation sites (N-methyl/N-ethyl adjacent to an activating group) is 1. The molecule has 1 heterocycles. The van der Waals surface area contributed by atoms with Crippen LogP contribution in [0.25, 0.3) is 0 Å². The Kier molecular flexibility index (Phi) is 5.65. The SMILES string of the molecule is CCn1nc(C)cc1CC(COc1cccc(Cl)c1)NC. The molecule has 0 spiro atoms. The normalized spacial score (nSPS) is 12.4. The zero-order valence-corrected chi connectivity index (χ0v) is 13.5. The van der Waals surface area contributed by atoms with Gasteiger partial charge in [-0.15, -0.1) is 0 Å². The molecule has 0 aliphatic rings. The van der Waals surface area contributed by atoms with Crippen LogP contribution in [0.1, 0.15) is 18.3 Å². The lowest BCUT2D eigenvalue weighted by molar-refractivity contribution is 0.267. The largest absolute Gasteiger partial charge is 0.492 e. The predicted molar refractivity (Wildman–Crippen MR) is 86.1 cm³/mol. The van der Waals surface area contributed by atoms with Gasteiger partial charge in [-0.2, -0.15) is 5.10 Å². The van der Waals surface area contributed by atoms with Gasteiger partial charge in [-0.1, -0.05) is 17.7 Å². The summed E-state index contributed by atoms with van der Waals surface area (Å²) in [5, 5.41) is 8.46. The Balaban J connectivity index is 1.96. The third kappa shape index (κ3) is 4.48. The Hall–Kier alpha value is -1.52. The van der Waals surface area contributed by atoms with Crippen molar-refractivity contribution in [2.24, 2.45) is 0 Å². The van der Waals surface area contributed by atoms with Crippen molar-refractivity contribution in [3.63, 3.8) is 0 Å². The minimum atomic E-state index is 0.227. The zero-order valence-electron chi connectivity index (χ0n) is 12.8. The van der Waals surface area contributed by atoms with Crippen molar-refractivity contribution in [2.45, 2.75) is 32.9 Å². The summed E-state index contributed by atoms with van der Waals surface area (Å²) in [4.78, 5) is 0. The van der Waals surface area contributed by atoms with Crippen LogP contribution in [-0.4, -0.2) is 29.5 Å². The van der Waals surface area contributed by atoms with Crippen LogP contribution in [0.2, 0.25) is 5.02 Å². The first-order chi connectivity index (χ1) is 10.1. The number of hydrogen-bond acceptors (Lipinski definition) is 3. The van der Waals surface area contributed by atoms with Gasteiger partial charge in [-0.25, -0.2) is 0 Å². The van der Waals surface area contributed by atoms with Crippen molar-refractivity contribution in [1.29, 1.82) is 0 Å². The Bertz CT molecular complexity index is 583. The van der Waals surface area contributed by atoms with Crippen LogP contribution in [0.5, 0.6) is 5.75 Å². The third-order valence-electron chi connectivity index (χ3n) is 3.40. The molecule has 0 radical (unpaired) electrons. The van der Waals surface area contributed by atoms with Crippen molar-refractivity contribution in [3.8, 4) is 5.75 Å². The number of ether oxygens (including phenoxy) is 1. The fourth-order valence-electron chi connectivity index (χ4n) is 2.29. The lowest BCUT2D eigenvalue weighted by Gasteiger charge is -2.17. The Labute approximate surface area is 131 Å². The van der Waals surface area contributed by atoms with E-state index in [0.29, 0.717) is 11.6 Å². The quantitative estimate of drug-likeness (QED) is 0.854. The third-order valence-corrected chi connectivity index (χ3v) is 3.63. The van der Waals surface area contributed by atoms with E-state index in [2.05, 4.69) is 23.4 Å². The summed E-state index contributed by atoms with van der Waals surface area (Å²) in [5.41, 5.74) is 2.28. The summed E-state index contributed by atoms with van der Waals surface area (Å²) in [6, 6.07) is 9.83. The number of hydrogen-bond donors (Lipinski definition) is 1. The molecular formula is C16H22ClN3O. The van der Waals surface area contributed by atoms with Crippen LogP contribution in [0.3, 0.4) is 0 Å². The van der Waals surface area contributed by atoms with Gasteiger partial charge in [-0.05, 0) is 45.2 Å². The zero-order chi connectivity index (χ0) is 15.2. The lowest BCUT2D eigenvalue weighted by atomic mass is 10.1. The number of benzene rings is 1. The number of aromatic nitrogens is 2. The minimum absolute atomic E-state index is 0.227. The van der Waals surface area contributed by atoms with Crippen molar-refractivity contribution in [1.82, 2.24) is 15.1 Å². The minimum Gasteiger partial charge on any atom is -0.492 e. The second-order valence-corrected chi connectivity index (χ2v) is 5.49. The standard InChI is InChI=1S/C16H22ClN3O/c1-4-20-15(8-12(2)19-20)10-14(18-3)11-21-16-7-5-6-13(17)9-16/h5-9,14,18H,4,10-11H2,1-3H3. The van der Waals surface area contributed by atoms with E-state index in [1.165, 1.54) is 5.69 Å². The van der Waals surface area contributed by atoms with E-state index in [4.69, 9.17) is 16.3 Å². The van der Waals surface area contributed by atoms with E-state index in [-0.39, 0.29) is 6.04 Å². The van der Waals surface area contributed by atoms with Crippen LogP contribution in [0.15, 0.2) is 30.3 Å². The summed E-state index contributed by atoms with van der Waals surface area (Å²) in [7, 11) is 1.95. The molecule has 1 atom stereocenters. The van der Waals surface area contributed by atoms with Crippen molar-refractivity contribution in [3.05, 3.63) is 46.7 Å². The van der Waals surface area contributed by atoms with Crippen molar-refractivity contribution in [2.75, 3.05) is 13.7 Å². The molecule has 21 heavy (non-hydrogen) atoms. The maximum Gasteiger partial charge on any atom is 0.120 e. The molecule has 0 aliphatic carbocycles. The first-order valence-electron chi connectivity index (χ1n) is 7.21. The molecule has 1 aromatic heterocycles. The van der Waals surface area contributed by atoms with Crippen LogP contribution in [0.4, 0.5) is 0 Å². The fraction of sp³-hybridized carbons (Fsp3) is 0.438. The summed E-state index contributed by atoms with van der Waals surface area (Å²) < 4.78 is 7.86. The van der Waals surface area contributed by atoms with E-state index in [1.54, 1.807) is 0 Å². The molecule has 1 aromatic carbocycles. The predicted octanol–water partition coefficient (Wildman–Crippen LogP) is 3.07. The first-order valence-corrected chi connectivity index (χ1v) is 7.59. The van der Waals surface area contributed by atoms with Crippen molar-refractivity contribution >= 4 is 11.6 Å². The number of halogens is 1. The van der Waals surface area contributed by atoms with Crippen molar-refractivity contribution < 1.29 is 4.74 Å². The molecule has 1 N–H and O–H groups in total. The van der Waals surface area contributed by atoms with Gasteiger partial charge in [0, 0.05) is 29.7 Å². The fourth-order valence-corrected chi connectivity index (χ4v) is 2.47. The topological polar surface area (TPSA) is 39.1 Å². The van der Waals surface area contributed by atoms with Crippen LogP contribution < -0.4 is 10.1 Å². The van der Waals surface area contributed by atoms with Crippen LogP contribution in [0, 0.1) is 6.92 Å². The Morgan fingerprint density at radius 1 is 1.38 bits per heavy atom.